The maximum Gasteiger partial charge on any atom is 0.232 e. The molecule has 0 fully saturated rings. The van der Waals surface area contributed by atoms with Crippen molar-refractivity contribution in [1.82, 2.24) is 5.32 Å². The van der Waals surface area contributed by atoms with Gasteiger partial charge < -0.3 is 11.1 Å². The molecule has 0 aliphatic rings. The van der Waals surface area contributed by atoms with Crippen LogP contribution in [0, 0.1) is 12.3 Å². The molecule has 1 unspecified atom stereocenters. The second-order valence-corrected chi connectivity index (χ2v) is 3.54. The summed E-state index contributed by atoms with van der Waals surface area (Å²) in [6.45, 7) is 0.552. The van der Waals surface area contributed by atoms with Crippen LogP contribution in [0.15, 0.2) is 30.3 Å². The minimum absolute atomic E-state index is 0.0488. The van der Waals surface area contributed by atoms with Gasteiger partial charge in [0.1, 0.15) is 0 Å². The number of hydrogen-bond acceptors (Lipinski definition) is 2. The van der Waals surface area contributed by atoms with Gasteiger partial charge in [-0.25, -0.2) is 0 Å². The van der Waals surface area contributed by atoms with Crippen LogP contribution in [0.3, 0.4) is 0 Å². The molecule has 0 bridgehead atoms. The topological polar surface area (TPSA) is 55.1 Å². The summed E-state index contributed by atoms with van der Waals surface area (Å²) in [5.41, 5.74) is 7.04. The van der Waals surface area contributed by atoms with Crippen molar-refractivity contribution in [3.8, 4) is 12.3 Å². The molecule has 0 saturated heterocycles. The summed E-state index contributed by atoms with van der Waals surface area (Å²) in [6.07, 6.45) is 5.85. The fourth-order valence-corrected chi connectivity index (χ4v) is 1.39. The van der Waals surface area contributed by atoms with Gasteiger partial charge in [-0.3, -0.25) is 4.79 Å². The first-order chi connectivity index (χ1) is 7.74. The Morgan fingerprint density at radius 2 is 2.12 bits per heavy atom. The van der Waals surface area contributed by atoms with Crippen molar-refractivity contribution >= 4 is 5.91 Å². The third kappa shape index (κ3) is 4.16. The molecule has 0 saturated carbocycles. The number of rotatable bonds is 5. The predicted octanol–water partition coefficient (Wildman–Crippen LogP) is 1.22. The lowest BCUT2D eigenvalue weighted by atomic mass is 10.1. The Morgan fingerprint density at radius 1 is 1.44 bits per heavy atom. The Kier molecular flexibility index (Phi) is 5.10. The lowest BCUT2D eigenvalue weighted by molar-refractivity contribution is -0.120. The molecule has 1 atom stereocenters. The summed E-state index contributed by atoms with van der Waals surface area (Å²) >= 11 is 0. The van der Waals surface area contributed by atoms with Crippen molar-refractivity contribution < 1.29 is 4.79 Å². The maximum atomic E-state index is 11.1. The zero-order valence-corrected chi connectivity index (χ0v) is 9.15. The molecule has 1 amide bonds. The molecule has 0 heterocycles. The highest BCUT2D eigenvalue weighted by Crippen LogP contribution is 2.11. The molecule has 0 radical (unpaired) electrons. The van der Waals surface area contributed by atoms with E-state index in [0.717, 1.165) is 5.56 Å². The van der Waals surface area contributed by atoms with E-state index in [-0.39, 0.29) is 18.4 Å². The van der Waals surface area contributed by atoms with E-state index in [9.17, 15) is 4.79 Å². The van der Waals surface area contributed by atoms with E-state index < -0.39 is 0 Å². The third-order valence-corrected chi connectivity index (χ3v) is 2.27. The van der Waals surface area contributed by atoms with Crippen LogP contribution in [-0.4, -0.2) is 12.5 Å². The zero-order chi connectivity index (χ0) is 11.8. The predicted molar refractivity (Wildman–Crippen MR) is 64.4 cm³/mol. The van der Waals surface area contributed by atoms with Crippen molar-refractivity contribution in [2.75, 3.05) is 6.54 Å². The van der Waals surface area contributed by atoms with Gasteiger partial charge in [-0.15, -0.1) is 6.42 Å². The molecular weight excluding hydrogens is 200 g/mol. The molecule has 16 heavy (non-hydrogen) atoms. The lowest BCUT2D eigenvalue weighted by Crippen LogP contribution is -2.26. The number of hydrogen-bond donors (Lipinski definition) is 2. The standard InChI is InChI=1S/C13H16N2O/c1-2-6-13(16)15-10-9-12(14)11-7-4-3-5-8-11/h1,3-5,7-8,12H,6,9-10,14H2,(H,15,16). The van der Waals surface area contributed by atoms with Crippen molar-refractivity contribution in [2.45, 2.75) is 18.9 Å². The molecule has 0 aromatic heterocycles. The normalized spacial score (nSPS) is 11.5. The monoisotopic (exact) mass is 216 g/mol. The number of terminal acetylenes is 1. The Hall–Kier alpha value is -1.79. The van der Waals surface area contributed by atoms with Gasteiger partial charge in [0, 0.05) is 12.6 Å². The maximum absolute atomic E-state index is 11.1. The van der Waals surface area contributed by atoms with Crippen molar-refractivity contribution in [2.24, 2.45) is 5.73 Å². The van der Waals surface area contributed by atoms with Crippen LogP contribution in [-0.2, 0) is 4.79 Å². The minimum Gasteiger partial charge on any atom is -0.355 e. The number of amides is 1. The van der Waals surface area contributed by atoms with Crippen LogP contribution in [0.4, 0.5) is 0 Å². The van der Waals surface area contributed by atoms with Crippen LogP contribution in [0.25, 0.3) is 0 Å². The number of nitrogens with two attached hydrogens (primary N) is 1. The molecule has 0 aliphatic carbocycles. The average molecular weight is 216 g/mol. The Labute approximate surface area is 96.0 Å². The quantitative estimate of drug-likeness (QED) is 0.727. The fraction of sp³-hybridized carbons (Fsp3) is 0.308. The minimum atomic E-state index is -0.122. The first-order valence-electron chi connectivity index (χ1n) is 5.24. The van der Waals surface area contributed by atoms with Gasteiger partial charge in [0.05, 0.1) is 6.42 Å². The van der Waals surface area contributed by atoms with E-state index in [1.807, 2.05) is 30.3 Å². The van der Waals surface area contributed by atoms with E-state index >= 15 is 0 Å². The van der Waals surface area contributed by atoms with Crippen LogP contribution >= 0.6 is 0 Å². The van der Waals surface area contributed by atoms with Gasteiger partial charge in [-0.1, -0.05) is 36.3 Å². The van der Waals surface area contributed by atoms with Gasteiger partial charge in [0.2, 0.25) is 5.91 Å². The third-order valence-electron chi connectivity index (χ3n) is 2.27. The van der Waals surface area contributed by atoms with E-state index in [1.165, 1.54) is 0 Å². The van der Waals surface area contributed by atoms with Crippen molar-refractivity contribution in [3.63, 3.8) is 0 Å². The smallest absolute Gasteiger partial charge is 0.232 e. The first-order valence-corrected chi connectivity index (χ1v) is 5.24. The second kappa shape index (κ2) is 6.65. The van der Waals surface area contributed by atoms with Crippen molar-refractivity contribution in [3.05, 3.63) is 35.9 Å². The van der Waals surface area contributed by atoms with E-state index in [1.54, 1.807) is 0 Å². The largest absolute Gasteiger partial charge is 0.355 e. The van der Waals surface area contributed by atoms with Gasteiger partial charge in [-0.05, 0) is 12.0 Å². The summed E-state index contributed by atoms with van der Waals surface area (Å²) in [6, 6.07) is 9.76. The van der Waals surface area contributed by atoms with Gasteiger partial charge in [0.25, 0.3) is 0 Å². The number of carbonyl (C=O) groups is 1. The molecule has 1 rings (SSSR count). The zero-order valence-electron chi connectivity index (χ0n) is 9.15. The number of nitrogens with one attached hydrogen (secondary N) is 1. The molecule has 1 aromatic carbocycles. The number of benzene rings is 1. The summed E-state index contributed by atoms with van der Waals surface area (Å²) in [7, 11) is 0. The Morgan fingerprint density at radius 3 is 2.75 bits per heavy atom. The van der Waals surface area contributed by atoms with Crippen LogP contribution in [0.2, 0.25) is 0 Å². The van der Waals surface area contributed by atoms with Crippen LogP contribution < -0.4 is 11.1 Å². The van der Waals surface area contributed by atoms with Crippen molar-refractivity contribution in [1.29, 1.82) is 0 Å². The summed E-state index contributed by atoms with van der Waals surface area (Å²) in [5.74, 6) is 2.17. The molecular formula is C13H16N2O. The molecule has 84 valence electrons. The lowest BCUT2D eigenvalue weighted by Gasteiger charge is -2.11. The highest BCUT2D eigenvalue weighted by molar-refractivity contribution is 5.78. The Balaban J connectivity index is 2.29. The fourth-order valence-electron chi connectivity index (χ4n) is 1.39. The molecule has 0 spiro atoms. The molecule has 3 N–H and O–H groups in total. The van der Waals surface area contributed by atoms with E-state index in [4.69, 9.17) is 12.2 Å². The van der Waals surface area contributed by atoms with Crippen LogP contribution in [0.1, 0.15) is 24.4 Å². The van der Waals surface area contributed by atoms with Gasteiger partial charge in [-0.2, -0.15) is 0 Å². The van der Waals surface area contributed by atoms with Gasteiger partial charge >= 0.3 is 0 Å². The average Bonchev–Trinajstić information content (AvgIpc) is 2.30. The highest BCUT2D eigenvalue weighted by Gasteiger charge is 2.05. The summed E-state index contributed by atoms with van der Waals surface area (Å²) in [5, 5.41) is 2.72. The summed E-state index contributed by atoms with van der Waals surface area (Å²) in [4.78, 5) is 11.1. The van der Waals surface area contributed by atoms with E-state index in [0.29, 0.717) is 13.0 Å². The molecule has 0 aliphatic heterocycles. The Bertz CT molecular complexity index is 367. The molecule has 3 nitrogen and oxygen atoms in total. The SMILES string of the molecule is C#CCC(=O)NCCC(N)c1ccccc1. The molecule has 3 heteroatoms. The van der Waals surface area contributed by atoms with Crippen LogP contribution in [0.5, 0.6) is 0 Å². The second-order valence-electron chi connectivity index (χ2n) is 3.54. The number of carbonyl (C=O) groups excluding carboxylic acids is 1. The van der Waals surface area contributed by atoms with Gasteiger partial charge in [0.15, 0.2) is 0 Å². The summed E-state index contributed by atoms with van der Waals surface area (Å²) < 4.78 is 0. The molecule has 1 aromatic rings. The first kappa shape index (κ1) is 12.3. The van der Waals surface area contributed by atoms with E-state index in [2.05, 4.69) is 11.2 Å². The highest BCUT2D eigenvalue weighted by atomic mass is 16.1.